The number of thiophene rings is 1. The number of hydrogen-bond donors (Lipinski definition) is 2. The molecule has 0 spiro atoms. The Morgan fingerprint density at radius 2 is 2.33 bits per heavy atom. The van der Waals surface area contributed by atoms with Gasteiger partial charge in [0.2, 0.25) is 5.91 Å². The number of hydrogen-bond acceptors (Lipinski definition) is 3. The van der Waals surface area contributed by atoms with Crippen molar-refractivity contribution in [1.82, 2.24) is 0 Å². The monoisotopic (exact) mass is 290 g/mol. The molecule has 4 N–H and O–H groups in total. The van der Waals surface area contributed by atoms with Crippen LogP contribution in [0.1, 0.15) is 35.7 Å². The van der Waals surface area contributed by atoms with Gasteiger partial charge in [-0.25, -0.2) is 0 Å². The number of carbonyl (C=O) groups is 1. The lowest BCUT2D eigenvalue weighted by atomic mass is 10.1. The molecule has 1 amide bonds. The Balaban J connectivity index is 2.46. The molecule has 0 saturated heterocycles. The minimum atomic E-state index is -0.259. The summed E-state index contributed by atoms with van der Waals surface area (Å²) in [7, 11) is 0. The van der Waals surface area contributed by atoms with Crippen molar-refractivity contribution in [2.75, 3.05) is 0 Å². The van der Waals surface area contributed by atoms with Gasteiger partial charge in [-0.3, -0.25) is 4.79 Å². The molecule has 0 aliphatic heterocycles. The molecule has 1 unspecified atom stereocenters. The van der Waals surface area contributed by atoms with E-state index >= 15 is 0 Å². The third-order valence-corrected chi connectivity index (χ3v) is 4.45. The zero-order valence-corrected chi connectivity index (χ0v) is 11.0. The van der Waals surface area contributed by atoms with Crippen LogP contribution in [0.25, 0.3) is 0 Å². The molecule has 1 atom stereocenters. The molecule has 0 aliphatic rings. The van der Waals surface area contributed by atoms with Crippen molar-refractivity contribution in [2.24, 2.45) is 11.5 Å². The summed E-state index contributed by atoms with van der Waals surface area (Å²) in [4.78, 5) is 11.7. The first-order chi connectivity index (χ1) is 7.00. The summed E-state index contributed by atoms with van der Waals surface area (Å²) >= 11 is 5.12. The van der Waals surface area contributed by atoms with Crippen molar-refractivity contribution >= 4 is 33.2 Å². The normalized spacial score (nSPS) is 12.7. The molecule has 15 heavy (non-hydrogen) atoms. The van der Waals surface area contributed by atoms with Crippen LogP contribution < -0.4 is 11.5 Å². The lowest BCUT2D eigenvalue weighted by Crippen LogP contribution is -2.13. The summed E-state index contributed by atoms with van der Waals surface area (Å²) in [5.74, 6) is -0.259. The van der Waals surface area contributed by atoms with E-state index in [1.807, 2.05) is 6.92 Å². The van der Waals surface area contributed by atoms with Crippen molar-refractivity contribution in [1.29, 1.82) is 0 Å². The van der Waals surface area contributed by atoms with Crippen molar-refractivity contribution in [3.05, 3.63) is 20.3 Å². The van der Waals surface area contributed by atoms with E-state index in [9.17, 15) is 4.79 Å². The van der Waals surface area contributed by atoms with Gasteiger partial charge in [0, 0.05) is 17.3 Å². The maximum atomic E-state index is 10.6. The van der Waals surface area contributed by atoms with E-state index in [0.717, 1.165) is 21.5 Å². The van der Waals surface area contributed by atoms with Crippen molar-refractivity contribution in [3.63, 3.8) is 0 Å². The number of primary amides is 1. The van der Waals surface area contributed by atoms with Gasteiger partial charge in [0.1, 0.15) is 0 Å². The van der Waals surface area contributed by atoms with Crippen LogP contribution in [-0.4, -0.2) is 5.91 Å². The smallest absolute Gasteiger partial charge is 0.217 e. The molecule has 3 nitrogen and oxygen atoms in total. The van der Waals surface area contributed by atoms with Crippen LogP contribution in [0.4, 0.5) is 0 Å². The van der Waals surface area contributed by atoms with Crippen LogP contribution in [0.2, 0.25) is 0 Å². The summed E-state index contributed by atoms with van der Waals surface area (Å²) in [6, 6.07) is 2.10. The fraction of sp³-hybridized carbons (Fsp3) is 0.500. The van der Waals surface area contributed by atoms with Gasteiger partial charge >= 0.3 is 0 Å². The molecule has 0 saturated carbocycles. The lowest BCUT2D eigenvalue weighted by Gasteiger charge is -2.07. The Morgan fingerprint density at radius 3 is 2.80 bits per heavy atom. The molecule has 0 aromatic carbocycles. The van der Waals surface area contributed by atoms with Crippen LogP contribution in [-0.2, 0) is 4.79 Å². The average molecular weight is 291 g/mol. The van der Waals surface area contributed by atoms with E-state index in [-0.39, 0.29) is 11.9 Å². The fourth-order valence-electron chi connectivity index (χ4n) is 1.30. The lowest BCUT2D eigenvalue weighted by molar-refractivity contribution is -0.118. The molecular weight excluding hydrogens is 276 g/mol. The average Bonchev–Trinajstić information content (AvgIpc) is 2.46. The number of nitrogens with two attached hydrogens (primary N) is 2. The van der Waals surface area contributed by atoms with E-state index in [1.54, 1.807) is 11.3 Å². The zero-order chi connectivity index (χ0) is 11.4. The Hall–Kier alpha value is -0.390. The quantitative estimate of drug-likeness (QED) is 0.875. The zero-order valence-electron chi connectivity index (χ0n) is 8.63. The SMILES string of the molecule is Cc1cc(C(N)CCCC(N)=O)sc1Br. The molecular formula is C10H15BrN2OS. The van der Waals surface area contributed by atoms with Gasteiger partial charge in [0.05, 0.1) is 3.79 Å². The first kappa shape index (κ1) is 12.7. The van der Waals surface area contributed by atoms with Crippen molar-refractivity contribution in [2.45, 2.75) is 32.2 Å². The highest BCUT2D eigenvalue weighted by Gasteiger charge is 2.11. The number of aryl methyl sites for hydroxylation is 1. The summed E-state index contributed by atoms with van der Waals surface area (Å²) in [6.07, 6.45) is 1.97. The second kappa shape index (κ2) is 5.63. The van der Waals surface area contributed by atoms with Gasteiger partial charge in [0.25, 0.3) is 0 Å². The second-order valence-electron chi connectivity index (χ2n) is 3.57. The molecule has 84 valence electrons. The topological polar surface area (TPSA) is 69.1 Å². The van der Waals surface area contributed by atoms with E-state index in [0.29, 0.717) is 6.42 Å². The summed E-state index contributed by atoms with van der Waals surface area (Å²) in [6.45, 7) is 2.04. The van der Waals surface area contributed by atoms with E-state index in [4.69, 9.17) is 11.5 Å². The third kappa shape index (κ3) is 3.93. The van der Waals surface area contributed by atoms with E-state index in [1.165, 1.54) is 5.56 Å². The first-order valence-corrected chi connectivity index (χ1v) is 6.41. The van der Waals surface area contributed by atoms with E-state index < -0.39 is 0 Å². The number of halogens is 1. The molecule has 0 fully saturated rings. The molecule has 0 radical (unpaired) electrons. The fourth-order valence-corrected chi connectivity index (χ4v) is 2.91. The van der Waals surface area contributed by atoms with Gasteiger partial charge in [-0.2, -0.15) is 0 Å². The molecule has 0 bridgehead atoms. The Morgan fingerprint density at radius 1 is 1.67 bits per heavy atom. The minimum absolute atomic E-state index is 0.0133. The summed E-state index contributed by atoms with van der Waals surface area (Å²) in [5, 5.41) is 0. The molecule has 5 heteroatoms. The predicted octanol–water partition coefficient (Wildman–Crippen LogP) is 2.47. The molecule has 1 rings (SSSR count). The first-order valence-electron chi connectivity index (χ1n) is 4.80. The van der Waals surface area contributed by atoms with Crippen LogP contribution in [0, 0.1) is 6.92 Å². The van der Waals surface area contributed by atoms with Gasteiger partial charge < -0.3 is 11.5 Å². The van der Waals surface area contributed by atoms with Crippen LogP contribution in [0.5, 0.6) is 0 Å². The maximum absolute atomic E-state index is 10.6. The molecule has 1 heterocycles. The number of rotatable bonds is 5. The Labute approximate surface area is 102 Å². The highest BCUT2D eigenvalue weighted by molar-refractivity contribution is 9.11. The molecule has 1 aromatic rings. The minimum Gasteiger partial charge on any atom is -0.370 e. The highest BCUT2D eigenvalue weighted by Crippen LogP contribution is 2.32. The van der Waals surface area contributed by atoms with Crippen LogP contribution >= 0.6 is 27.3 Å². The summed E-state index contributed by atoms with van der Waals surface area (Å²) < 4.78 is 1.13. The van der Waals surface area contributed by atoms with E-state index in [2.05, 4.69) is 22.0 Å². The highest BCUT2D eigenvalue weighted by atomic mass is 79.9. The number of amides is 1. The largest absolute Gasteiger partial charge is 0.370 e. The van der Waals surface area contributed by atoms with Gasteiger partial charge in [-0.05, 0) is 47.3 Å². The van der Waals surface area contributed by atoms with Crippen molar-refractivity contribution < 1.29 is 4.79 Å². The summed E-state index contributed by atoms with van der Waals surface area (Å²) in [5.41, 5.74) is 12.3. The molecule has 0 aliphatic carbocycles. The number of carbonyl (C=O) groups excluding carboxylic acids is 1. The van der Waals surface area contributed by atoms with Gasteiger partial charge in [-0.1, -0.05) is 0 Å². The van der Waals surface area contributed by atoms with Crippen LogP contribution in [0.15, 0.2) is 9.85 Å². The van der Waals surface area contributed by atoms with Gasteiger partial charge in [0.15, 0.2) is 0 Å². The third-order valence-electron chi connectivity index (χ3n) is 2.18. The van der Waals surface area contributed by atoms with Crippen molar-refractivity contribution in [3.8, 4) is 0 Å². The maximum Gasteiger partial charge on any atom is 0.217 e. The second-order valence-corrected chi connectivity index (χ2v) is 5.97. The molecule has 1 aromatic heterocycles. The Bertz CT molecular complexity index is 332. The van der Waals surface area contributed by atoms with Gasteiger partial charge in [-0.15, -0.1) is 11.3 Å². The van der Waals surface area contributed by atoms with Crippen LogP contribution in [0.3, 0.4) is 0 Å². The predicted molar refractivity (Wildman–Crippen MR) is 66.7 cm³/mol. The standard InChI is InChI=1S/C10H15BrN2OS/c1-6-5-8(15-10(6)11)7(12)3-2-4-9(13)14/h5,7H,2-4,12H2,1H3,(H2,13,14). The Kier molecular flexibility index (Phi) is 4.76.